The lowest BCUT2D eigenvalue weighted by Crippen LogP contribution is -2.54. The highest BCUT2D eigenvalue weighted by Gasteiger charge is 2.46. The van der Waals surface area contributed by atoms with Crippen LogP contribution in [0, 0.1) is 11.6 Å². The molecule has 4 amide bonds. The number of halogens is 3. The van der Waals surface area contributed by atoms with Crippen molar-refractivity contribution in [2.45, 2.75) is 43.4 Å². The minimum atomic E-state index is -1.05. The Balaban J connectivity index is 1.08. The van der Waals surface area contributed by atoms with Gasteiger partial charge < -0.3 is 14.4 Å². The molecule has 4 heterocycles. The van der Waals surface area contributed by atoms with Crippen LogP contribution in [0.15, 0.2) is 36.4 Å². The highest BCUT2D eigenvalue weighted by atomic mass is 35.5. The van der Waals surface area contributed by atoms with E-state index in [-0.39, 0.29) is 12.6 Å². The first kappa shape index (κ1) is 25.8. The molecule has 12 heteroatoms. The number of fused-ring (bicyclic) bond motifs is 2. The zero-order valence-corrected chi connectivity index (χ0v) is 21.8. The van der Waals surface area contributed by atoms with Crippen molar-refractivity contribution in [3.63, 3.8) is 0 Å². The van der Waals surface area contributed by atoms with Crippen LogP contribution in [0.3, 0.4) is 0 Å². The lowest BCUT2D eigenvalue weighted by Gasteiger charge is -2.47. The topological polar surface area (TPSA) is 91.4 Å². The number of carbonyl (C=O) groups excluding carboxylic acids is 3. The molecule has 2 aromatic rings. The van der Waals surface area contributed by atoms with Gasteiger partial charge in [0.2, 0.25) is 0 Å². The van der Waals surface area contributed by atoms with Gasteiger partial charge in [-0.1, -0.05) is 17.7 Å². The van der Waals surface area contributed by atoms with Crippen molar-refractivity contribution >= 4 is 35.5 Å². The number of amides is 4. The van der Waals surface area contributed by atoms with Gasteiger partial charge in [-0.3, -0.25) is 10.2 Å². The largest absolute Gasteiger partial charge is 0.446 e. The molecule has 0 aromatic heterocycles. The molecule has 206 valence electrons. The molecule has 0 aliphatic carbocycles. The first-order valence-electron chi connectivity index (χ1n) is 13.0. The normalized spacial score (nSPS) is 23.3. The summed E-state index contributed by atoms with van der Waals surface area (Å²) in [5.41, 5.74) is 1.19. The maximum Gasteiger partial charge on any atom is 0.418 e. The number of rotatable bonds is 2. The number of likely N-dealkylation sites (tertiary alicyclic amines) is 2. The Bertz CT molecular complexity index is 1330. The summed E-state index contributed by atoms with van der Waals surface area (Å²) in [5, 5.41) is 3.33. The van der Waals surface area contributed by atoms with E-state index in [0.717, 1.165) is 28.3 Å². The molecule has 1 unspecified atom stereocenters. The lowest BCUT2D eigenvalue weighted by atomic mass is 9.81. The third-order valence-corrected chi connectivity index (χ3v) is 8.50. The fourth-order valence-corrected chi connectivity index (χ4v) is 6.34. The van der Waals surface area contributed by atoms with Gasteiger partial charge in [0.15, 0.2) is 11.6 Å². The third-order valence-electron chi connectivity index (χ3n) is 8.26. The fourth-order valence-electron chi connectivity index (χ4n) is 6.16. The van der Waals surface area contributed by atoms with Crippen LogP contribution >= 0.6 is 11.6 Å². The lowest BCUT2D eigenvalue weighted by molar-refractivity contribution is -0.0499. The number of nitrogens with one attached hydrogen (secondary N) is 1. The van der Waals surface area contributed by atoms with Crippen LogP contribution in [0.1, 0.15) is 42.9 Å². The van der Waals surface area contributed by atoms with Crippen molar-refractivity contribution in [3.8, 4) is 0 Å². The quantitative estimate of drug-likeness (QED) is 0.539. The first-order chi connectivity index (χ1) is 18.7. The zero-order chi connectivity index (χ0) is 27.3. The molecule has 3 saturated heterocycles. The highest BCUT2D eigenvalue weighted by molar-refractivity contribution is 6.30. The maximum atomic E-state index is 13.8. The number of nitrogens with zero attached hydrogens (tertiary/aromatic N) is 3. The van der Waals surface area contributed by atoms with Gasteiger partial charge in [-0.2, -0.15) is 0 Å². The molecule has 4 aliphatic rings. The van der Waals surface area contributed by atoms with Gasteiger partial charge in [-0.05, 0) is 48.7 Å². The van der Waals surface area contributed by atoms with Gasteiger partial charge in [-0.25, -0.2) is 28.1 Å². The Morgan fingerprint density at radius 1 is 1.00 bits per heavy atom. The molecule has 1 atom stereocenters. The second-order valence-corrected chi connectivity index (χ2v) is 10.8. The number of imide groups is 1. The molecule has 3 fully saturated rings. The average Bonchev–Trinajstić information content (AvgIpc) is 3.32. The number of hydrogen-bond donors (Lipinski definition) is 1. The van der Waals surface area contributed by atoms with E-state index in [4.69, 9.17) is 21.1 Å². The third kappa shape index (κ3) is 4.67. The number of benzene rings is 2. The van der Waals surface area contributed by atoms with Gasteiger partial charge in [0.05, 0.1) is 5.69 Å². The van der Waals surface area contributed by atoms with Crippen LogP contribution in [0.5, 0.6) is 0 Å². The molecule has 1 N–H and O–H groups in total. The minimum Gasteiger partial charge on any atom is -0.446 e. The summed E-state index contributed by atoms with van der Waals surface area (Å²) in [6.07, 6.45) is 1.41. The van der Waals surface area contributed by atoms with Crippen molar-refractivity contribution in [1.82, 2.24) is 14.7 Å². The number of cyclic esters (lactones) is 1. The van der Waals surface area contributed by atoms with Gasteiger partial charge in [0.1, 0.15) is 18.2 Å². The number of ether oxygens (including phenoxy) is 2. The monoisotopic (exact) mass is 560 g/mol. The summed E-state index contributed by atoms with van der Waals surface area (Å²) in [6.45, 7) is 2.20. The van der Waals surface area contributed by atoms with E-state index >= 15 is 0 Å². The summed E-state index contributed by atoms with van der Waals surface area (Å²) in [6, 6.07) is 7.62. The summed E-state index contributed by atoms with van der Waals surface area (Å²) in [7, 11) is 0. The smallest absolute Gasteiger partial charge is 0.418 e. The van der Waals surface area contributed by atoms with Gasteiger partial charge in [0, 0.05) is 55.6 Å². The van der Waals surface area contributed by atoms with Crippen LogP contribution in [0.25, 0.3) is 0 Å². The SMILES string of the molecule is O=C1Nc2ccc(Cl)cc2C2(CCN(C3CCN(C(=O)N4C(=O)OCC4c4ccc(F)c(F)c4)CC3)CC2)O1. The number of anilines is 1. The van der Waals surface area contributed by atoms with Crippen molar-refractivity contribution < 1.29 is 32.6 Å². The van der Waals surface area contributed by atoms with E-state index in [1.807, 2.05) is 6.07 Å². The minimum absolute atomic E-state index is 0.115. The number of carbonyl (C=O) groups is 3. The molecule has 1 spiro atoms. The molecule has 9 nitrogen and oxygen atoms in total. The van der Waals surface area contributed by atoms with E-state index in [0.29, 0.717) is 62.4 Å². The Kier molecular flexibility index (Phi) is 6.58. The highest BCUT2D eigenvalue weighted by Crippen LogP contribution is 2.45. The first-order valence-corrected chi connectivity index (χ1v) is 13.4. The van der Waals surface area contributed by atoms with E-state index in [1.165, 1.54) is 6.07 Å². The molecule has 0 bridgehead atoms. The van der Waals surface area contributed by atoms with E-state index in [2.05, 4.69) is 10.2 Å². The Hall–Kier alpha value is -3.44. The van der Waals surface area contributed by atoms with Crippen LogP contribution in [0.2, 0.25) is 5.02 Å². The fraction of sp³-hybridized carbons (Fsp3) is 0.444. The summed E-state index contributed by atoms with van der Waals surface area (Å²) in [4.78, 5) is 42.9. The molecule has 2 aromatic carbocycles. The Morgan fingerprint density at radius 2 is 1.74 bits per heavy atom. The van der Waals surface area contributed by atoms with Crippen molar-refractivity contribution in [2.75, 3.05) is 38.1 Å². The van der Waals surface area contributed by atoms with Crippen LogP contribution in [-0.4, -0.2) is 71.7 Å². The molecular weight excluding hydrogens is 534 g/mol. The van der Waals surface area contributed by atoms with Crippen LogP contribution in [-0.2, 0) is 15.1 Å². The van der Waals surface area contributed by atoms with E-state index < -0.39 is 41.5 Å². The van der Waals surface area contributed by atoms with Crippen molar-refractivity contribution in [1.29, 1.82) is 0 Å². The molecule has 6 rings (SSSR count). The van der Waals surface area contributed by atoms with Gasteiger partial charge in [0.25, 0.3) is 0 Å². The van der Waals surface area contributed by atoms with Crippen molar-refractivity contribution in [3.05, 3.63) is 64.2 Å². The molecular formula is C27H27ClF2N4O5. The maximum absolute atomic E-state index is 13.8. The summed E-state index contributed by atoms with van der Waals surface area (Å²) < 4.78 is 38.1. The zero-order valence-electron chi connectivity index (χ0n) is 21.0. The molecule has 39 heavy (non-hydrogen) atoms. The Labute approximate surface area is 228 Å². The standard InChI is InChI=1S/C27H27ClF2N4O5/c28-17-2-4-22-19(14-17)27(39-24(35)31-22)7-11-32(12-8-27)18-5-9-33(10-6-18)25(36)34-23(15-38-26(34)37)16-1-3-20(29)21(30)13-16/h1-4,13-14,18,23H,5-12,15H2,(H,31,35). The molecule has 4 aliphatic heterocycles. The van der Waals surface area contributed by atoms with Crippen molar-refractivity contribution in [2.24, 2.45) is 0 Å². The van der Waals surface area contributed by atoms with Crippen LogP contribution < -0.4 is 5.32 Å². The van der Waals surface area contributed by atoms with E-state index in [1.54, 1.807) is 17.0 Å². The number of piperidine rings is 2. The average molecular weight is 561 g/mol. The number of hydrogen-bond acceptors (Lipinski definition) is 6. The predicted molar refractivity (Wildman–Crippen MR) is 136 cm³/mol. The van der Waals surface area contributed by atoms with E-state index in [9.17, 15) is 23.2 Å². The van der Waals surface area contributed by atoms with Gasteiger partial charge >= 0.3 is 18.2 Å². The summed E-state index contributed by atoms with van der Waals surface area (Å²) >= 11 is 6.24. The number of urea groups is 1. The Morgan fingerprint density at radius 3 is 2.46 bits per heavy atom. The predicted octanol–water partition coefficient (Wildman–Crippen LogP) is 5.25. The molecule has 0 saturated carbocycles. The molecule has 0 radical (unpaired) electrons. The van der Waals surface area contributed by atoms with Crippen LogP contribution in [0.4, 0.5) is 28.9 Å². The summed E-state index contributed by atoms with van der Waals surface area (Å²) in [5.74, 6) is -2.05. The second kappa shape index (κ2) is 9.95. The second-order valence-electron chi connectivity index (χ2n) is 10.4. The van der Waals surface area contributed by atoms with Gasteiger partial charge in [-0.15, -0.1) is 0 Å².